The Morgan fingerprint density at radius 2 is 1.76 bits per heavy atom. The van der Waals surface area contributed by atoms with Gasteiger partial charge in [-0.3, -0.25) is 14.4 Å². The van der Waals surface area contributed by atoms with Crippen LogP contribution < -0.4 is 10.5 Å². The maximum absolute atomic E-state index is 13.9. The average Bonchev–Trinajstić information content (AvgIpc) is 2.87. The predicted octanol–water partition coefficient (Wildman–Crippen LogP) is 4.34. The molecule has 0 radical (unpaired) electrons. The lowest BCUT2D eigenvalue weighted by molar-refractivity contribution is -0.127. The molecule has 3 unspecified atom stereocenters. The first-order valence-corrected chi connectivity index (χ1v) is 14.1. The van der Waals surface area contributed by atoms with Crippen molar-refractivity contribution < 1.29 is 34.4 Å². The van der Waals surface area contributed by atoms with Gasteiger partial charge in [0, 0.05) is 29.7 Å². The number of ketones is 2. The van der Waals surface area contributed by atoms with E-state index in [0.29, 0.717) is 36.3 Å². The number of Topliss-reactive ketones (excluding diaryl/α,β-unsaturated/α-hetero) is 2. The Balaban J connectivity index is 1.77. The van der Waals surface area contributed by atoms with Crippen molar-refractivity contribution >= 4 is 23.2 Å². The van der Waals surface area contributed by atoms with Gasteiger partial charge in [-0.05, 0) is 79.1 Å². The molecule has 5 rings (SSSR count). The van der Waals surface area contributed by atoms with Gasteiger partial charge in [0.25, 0.3) is 5.91 Å². The van der Waals surface area contributed by atoms with Crippen molar-refractivity contribution in [1.29, 1.82) is 0 Å². The molecule has 1 amide bonds. The Morgan fingerprint density at radius 3 is 2.36 bits per heavy atom. The number of phenolic OH excluding ortho intramolecular Hbond substituents is 1. The van der Waals surface area contributed by atoms with Crippen LogP contribution in [-0.2, 0) is 32.8 Å². The number of primary amides is 1. The molecule has 0 heterocycles. The van der Waals surface area contributed by atoms with Gasteiger partial charge in [0.05, 0.1) is 18.6 Å². The summed E-state index contributed by atoms with van der Waals surface area (Å²) >= 11 is 0. The number of aliphatic hydroxyl groups excluding tert-OH is 2. The Hall–Kier alpha value is -4.11. The maximum atomic E-state index is 13.9. The number of aromatic hydroxyl groups is 1. The van der Waals surface area contributed by atoms with Crippen molar-refractivity contribution in [1.82, 2.24) is 4.90 Å². The van der Waals surface area contributed by atoms with Crippen LogP contribution >= 0.6 is 0 Å². The van der Waals surface area contributed by atoms with Crippen molar-refractivity contribution in [2.24, 2.45) is 23.5 Å². The molecule has 2 aromatic carbocycles. The number of phenols is 1. The van der Waals surface area contributed by atoms with E-state index in [1.165, 1.54) is 0 Å². The van der Waals surface area contributed by atoms with Gasteiger partial charge in [0.2, 0.25) is 0 Å². The molecular weight excluding hydrogens is 536 g/mol. The van der Waals surface area contributed by atoms with Crippen LogP contribution in [0.2, 0.25) is 0 Å². The summed E-state index contributed by atoms with van der Waals surface area (Å²) in [7, 11) is 5.56. The highest BCUT2D eigenvalue weighted by Crippen LogP contribution is 2.53. The number of hydrogen-bond acceptors (Lipinski definition) is 8. The number of hydrogen-bond donors (Lipinski definition) is 4. The number of rotatable bonds is 5. The molecule has 42 heavy (non-hydrogen) atoms. The Bertz CT molecular complexity index is 1590. The van der Waals surface area contributed by atoms with Gasteiger partial charge in [0.1, 0.15) is 28.6 Å². The summed E-state index contributed by atoms with van der Waals surface area (Å²) in [6, 6.07) is 7.89. The second kappa shape index (κ2) is 10.3. The number of ether oxygens (including phenoxy) is 1. The van der Waals surface area contributed by atoms with Crippen LogP contribution in [0.25, 0.3) is 16.9 Å². The minimum Gasteiger partial charge on any atom is -0.511 e. The first-order valence-electron chi connectivity index (χ1n) is 14.1. The topological polar surface area (TPSA) is 150 Å². The summed E-state index contributed by atoms with van der Waals surface area (Å²) < 4.78 is 5.77. The number of allylic oxidation sites excluding steroid dienone is 2. The van der Waals surface area contributed by atoms with Crippen LogP contribution in [0, 0.1) is 17.8 Å². The van der Waals surface area contributed by atoms with Crippen LogP contribution in [0.3, 0.4) is 0 Å². The molecule has 3 aliphatic carbocycles. The summed E-state index contributed by atoms with van der Waals surface area (Å²) in [5.74, 6) is -4.84. The maximum Gasteiger partial charge on any atom is 0.255 e. The molecule has 1 fully saturated rings. The van der Waals surface area contributed by atoms with E-state index >= 15 is 0 Å². The summed E-state index contributed by atoms with van der Waals surface area (Å²) in [6.07, 6.45) is 0.549. The molecule has 1 saturated carbocycles. The normalized spacial score (nSPS) is 22.2. The van der Waals surface area contributed by atoms with E-state index in [9.17, 15) is 29.7 Å². The van der Waals surface area contributed by atoms with Crippen molar-refractivity contribution in [2.45, 2.75) is 52.0 Å². The van der Waals surface area contributed by atoms with Crippen molar-refractivity contribution in [2.75, 3.05) is 21.2 Å². The van der Waals surface area contributed by atoms with E-state index in [4.69, 9.17) is 10.5 Å². The monoisotopic (exact) mass is 574 g/mol. The smallest absolute Gasteiger partial charge is 0.255 e. The highest BCUT2D eigenvalue weighted by Gasteiger charge is 2.51. The first-order chi connectivity index (χ1) is 19.6. The predicted molar refractivity (Wildman–Crippen MR) is 158 cm³/mol. The van der Waals surface area contributed by atoms with E-state index in [1.54, 1.807) is 7.11 Å². The van der Waals surface area contributed by atoms with Crippen LogP contribution in [-0.4, -0.2) is 58.9 Å². The number of fused-ring (bicyclic) bond motifs is 3. The van der Waals surface area contributed by atoms with Crippen molar-refractivity contribution in [3.8, 4) is 22.6 Å². The molecule has 0 aliphatic heterocycles. The van der Waals surface area contributed by atoms with Crippen molar-refractivity contribution in [3.05, 3.63) is 63.4 Å². The summed E-state index contributed by atoms with van der Waals surface area (Å²) in [6.45, 7) is 6.56. The van der Waals surface area contributed by atoms with Crippen LogP contribution in [0.5, 0.6) is 11.5 Å². The summed E-state index contributed by atoms with van der Waals surface area (Å²) in [5.41, 5.74) is 8.45. The largest absolute Gasteiger partial charge is 0.511 e. The lowest BCUT2D eigenvalue weighted by atomic mass is 9.61. The number of carbonyl (C=O) groups is 3. The molecule has 222 valence electrons. The average molecular weight is 575 g/mol. The number of amides is 1. The lowest BCUT2D eigenvalue weighted by Gasteiger charge is -2.41. The molecule has 9 heteroatoms. The molecule has 2 aromatic rings. The fourth-order valence-electron chi connectivity index (χ4n) is 6.95. The van der Waals surface area contributed by atoms with E-state index in [1.807, 2.05) is 59.1 Å². The van der Waals surface area contributed by atoms with Gasteiger partial charge in [-0.25, -0.2) is 0 Å². The second-order valence-electron chi connectivity index (χ2n) is 12.9. The van der Waals surface area contributed by atoms with Crippen LogP contribution in [0.4, 0.5) is 0 Å². The third-order valence-electron chi connectivity index (χ3n) is 8.75. The molecular formula is C33H38N2O7. The zero-order chi connectivity index (χ0) is 30.8. The van der Waals surface area contributed by atoms with Gasteiger partial charge in [-0.1, -0.05) is 26.8 Å². The number of nitrogens with two attached hydrogens (primary N) is 1. The van der Waals surface area contributed by atoms with Crippen LogP contribution in [0.1, 0.15) is 55.9 Å². The quantitative estimate of drug-likeness (QED) is 0.385. The number of methoxy groups -OCH3 is 1. The fourth-order valence-corrected chi connectivity index (χ4v) is 6.95. The molecule has 0 bridgehead atoms. The second-order valence-corrected chi connectivity index (χ2v) is 12.9. The number of carbonyl (C=O) groups excluding carboxylic acids is 3. The summed E-state index contributed by atoms with van der Waals surface area (Å²) in [4.78, 5) is 40.6. The molecule has 0 aromatic heterocycles. The molecule has 3 aliphatic rings. The van der Waals surface area contributed by atoms with E-state index in [2.05, 4.69) is 4.90 Å². The SMILES string of the molecule is COc1ccc(CN(C)C)cc1-c1cc(C(C)(C)C)c(O)c2c1CC1CC3CC(=O)C(C(N)=O)=C(O)C3C(=O)C1=C2O. The van der Waals surface area contributed by atoms with Crippen LogP contribution in [0.15, 0.2) is 41.2 Å². The minimum atomic E-state index is -1.16. The first kappa shape index (κ1) is 29.4. The standard InChI is InChI=1S/C33H38N2O7/c1-33(2,3)21-13-18(19-9-15(14-35(4)5)7-8-23(19)42-6)20-11-16-10-17-12-22(36)27(32(34)41)31(40)25(17)29(38)24(16)30(39)26(20)28(21)37/h7-9,13,16-17,25,37,39-40H,10-12,14H2,1-6H3,(H2,34,41). The number of nitrogens with zero attached hydrogens (tertiary/aromatic N) is 1. The third kappa shape index (κ3) is 4.65. The van der Waals surface area contributed by atoms with E-state index in [0.717, 1.165) is 16.7 Å². The number of benzene rings is 2. The van der Waals surface area contributed by atoms with E-state index in [-0.39, 0.29) is 29.1 Å². The summed E-state index contributed by atoms with van der Waals surface area (Å²) in [5, 5.41) is 34.2. The Morgan fingerprint density at radius 1 is 1.07 bits per heavy atom. The Labute approximate surface area is 245 Å². The van der Waals surface area contributed by atoms with Gasteiger partial charge in [-0.15, -0.1) is 0 Å². The molecule has 3 atom stereocenters. The third-order valence-corrected chi connectivity index (χ3v) is 8.75. The van der Waals surface area contributed by atoms with Gasteiger partial charge in [-0.2, -0.15) is 0 Å². The number of aliphatic hydroxyl groups is 2. The minimum absolute atomic E-state index is 0.0918. The van der Waals surface area contributed by atoms with Crippen molar-refractivity contribution in [3.63, 3.8) is 0 Å². The molecule has 0 spiro atoms. The van der Waals surface area contributed by atoms with Gasteiger partial charge in [0.15, 0.2) is 11.6 Å². The molecule has 5 N–H and O–H groups in total. The molecule has 0 saturated heterocycles. The van der Waals surface area contributed by atoms with Gasteiger partial charge >= 0.3 is 0 Å². The fraction of sp³-hybridized carbons (Fsp3) is 0.424. The zero-order valence-corrected chi connectivity index (χ0v) is 24.9. The Kier molecular flexibility index (Phi) is 7.21. The lowest BCUT2D eigenvalue weighted by Crippen LogP contribution is -2.44. The van der Waals surface area contributed by atoms with E-state index < -0.39 is 52.0 Å². The highest BCUT2D eigenvalue weighted by molar-refractivity contribution is 6.21. The van der Waals surface area contributed by atoms with Gasteiger partial charge < -0.3 is 30.7 Å². The zero-order valence-electron chi connectivity index (χ0n) is 24.9. The molecule has 9 nitrogen and oxygen atoms in total. The highest BCUT2D eigenvalue weighted by atomic mass is 16.5.